The van der Waals surface area contributed by atoms with E-state index in [1.165, 1.54) is 0 Å². The van der Waals surface area contributed by atoms with Crippen molar-refractivity contribution < 1.29 is 0 Å². The number of nitrogens with zero attached hydrogens (tertiary/aromatic N) is 3. The zero-order chi connectivity index (χ0) is 12.0. The van der Waals surface area contributed by atoms with E-state index in [9.17, 15) is 0 Å². The van der Waals surface area contributed by atoms with Gasteiger partial charge < -0.3 is 10.6 Å². The molecule has 0 saturated heterocycles. The largest absolute Gasteiger partial charge is 0.370 e. The van der Waals surface area contributed by atoms with Crippen LogP contribution in [0.15, 0.2) is 23.2 Å². The zero-order valence-corrected chi connectivity index (χ0v) is 10.3. The van der Waals surface area contributed by atoms with E-state index in [0.29, 0.717) is 12.5 Å². The molecule has 0 spiro atoms. The van der Waals surface area contributed by atoms with Gasteiger partial charge in [-0.1, -0.05) is 13.0 Å². The average molecular weight is 220 g/mol. The molecule has 0 bridgehead atoms. The number of aliphatic imine (C=N–C) groups is 1. The summed E-state index contributed by atoms with van der Waals surface area (Å²) in [5, 5.41) is 0. The summed E-state index contributed by atoms with van der Waals surface area (Å²) in [4.78, 5) is 10.6. The standard InChI is InChI=1S/C12H20N4/c1-4-8-14-12(13)16(3)9-11-7-5-6-10(2)15-11/h5-7H,4,8-9H2,1-3H3,(H2,13,14). The van der Waals surface area contributed by atoms with Crippen molar-refractivity contribution in [1.29, 1.82) is 0 Å². The summed E-state index contributed by atoms with van der Waals surface area (Å²) in [6.07, 6.45) is 1.01. The lowest BCUT2D eigenvalue weighted by Gasteiger charge is -2.17. The molecule has 0 unspecified atom stereocenters. The van der Waals surface area contributed by atoms with Crippen molar-refractivity contribution in [3.05, 3.63) is 29.6 Å². The second-order valence-corrected chi connectivity index (χ2v) is 3.87. The van der Waals surface area contributed by atoms with Crippen LogP contribution in [0.2, 0.25) is 0 Å². The number of rotatable bonds is 4. The van der Waals surface area contributed by atoms with Crippen molar-refractivity contribution in [3.63, 3.8) is 0 Å². The van der Waals surface area contributed by atoms with Crippen molar-refractivity contribution >= 4 is 5.96 Å². The van der Waals surface area contributed by atoms with Crippen LogP contribution in [-0.2, 0) is 6.54 Å². The first kappa shape index (κ1) is 12.5. The molecule has 0 aliphatic heterocycles. The highest BCUT2D eigenvalue weighted by Crippen LogP contribution is 2.01. The Morgan fingerprint density at radius 2 is 2.25 bits per heavy atom. The van der Waals surface area contributed by atoms with E-state index in [0.717, 1.165) is 24.4 Å². The number of guanidine groups is 1. The third-order valence-corrected chi connectivity index (χ3v) is 2.23. The van der Waals surface area contributed by atoms with Gasteiger partial charge >= 0.3 is 0 Å². The first-order valence-corrected chi connectivity index (χ1v) is 5.57. The van der Waals surface area contributed by atoms with Gasteiger partial charge in [-0.15, -0.1) is 0 Å². The molecular weight excluding hydrogens is 200 g/mol. The fourth-order valence-corrected chi connectivity index (χ4v) is 1.36. The molecule has 2 N–H and O–H groups in total. The minimum atomic E-state index is 0.574. The molecule has 0 atom stereocenters. The number of aromatic nitrogens is 1. The lowest BCUT2D eigenvalue weighted by atomic mass is 10.3. The molecule has 0 radical (unpaired) electrons. The van der Waals surface area contributed by atoms with E-state index in [1.807, 2.05) is 37.1 Å². The Morgan fingerprint density at radius 3 is 2.88 bits per heavy atom. The van der Waals surface area contributed by atoms with Gasteiger partial charge in [-0.05, 0) is 25.5 Å². The molecule has 4 heteroatoms. The maximum atomic E-state index is 5.84. The minimum Gasteiger partial charge on any atom is -0.370 e. The Balaban J connectivity index is 2.60. The van der Waals surface area contributed by atoms with E-state index in [-0.39, 0.29) is 0 Å². The van der Waals surface area contributed by atoms with Gasteiger partial charge in [0.25, 0.3) is 0 Å². The maximum absolute atomic E-state index is 5.84. The van der Waals surface area contributed by atoms with Gasteiger partial charge in [0.1, 0.15) is 0 Å². The lowest BCUT2D eigenvalue weighted by Crippen LogP contribution is -2.34. The third-order valence-electron chi connectivity index (χ3n) is 2.23. The molecule has 1 aromatic rings. The van der Waals surface area contributed by atoms with Gasteiger partial charge in [0.15, 0.2) is 5.96 Å². The molecule has 0 fully saturated rings. The van der Waals surface area contributed by atoms with Crippen LogP contribution < -0.4 is 5.73 Å². The first-order chi connectivity index (χ1) is 7.63. The van der Waals surface area contributed by atoms with Crippen molar-refractivity contribution in [1.82, 2.24) is 9.88 Å². The van der Waals surface area contributed by atoms with E-state index >= 15 is 0 Å². The molecule has 88 valence electrons. The minimum absolute atomic E-state index is 0.574. The summed E-state index contributed by atoms with van der Waals surface area (Å²) in [7, 11) is 1.93. The van der Waals surface area contributed by atoms with Gasteiger partial charge in [-0.25, -0.2) is 0 Å². The molecule has 1 aromatic heterocycles. The van der Waals surface area contributed by atoms with Crippen LogP contribution in [0.3, 0.4) is 0 Å². The van der Waals surface area contributed by atoms with Crippen LogP contribution in [0.1, 0.15) is 24.7 Å². The van der Waals surface area contributed by atoms with Crippen molar-refractivity contribution in [3.8, 4) is 0 Å². The van der Waals surface area contributed by atoms with Crippen LogP contribution in [0.5, 0.6) is 0 Å². The second-order valence-electron chi connectivity index (χ2n) is 3.87. The summed E-state index contributed by atoms with van der Waals surface area (Å²) >= 11 is 0. The SMILES string of the molecule is CCCN=C(N)N(C)Cc1cccc(C)n1. The highest BCUT2D eigenvalue weighted by atomic mass is 15.2. The van der Waals surface area contributed by atoms with Gasteiger partial charge in [0.05, 0.1) is 12.2 Å². The maximum Gasteiger partial charge on any atom is 0.191 e. The fraction of sp³-hybridized carbons (Fsp3) is 0.500. The molecule has 0 amide bonds. The summed E-state index contributed by atoms with van der Waals surface area (Å²) in [6.45, 7) is 5.54. The van der Waals surface area contributed by atoms with E-state index < -0.39 is 0 Å². The fourth-order valence-electron chi connectivity index (χ4n) is 1.36. The van der Waals surface area contributed by atoms with Crippen molar-refractivity contribution in [2.75, 3.05) is 13.6 Å². The molecule has 16 heavy (non-hydrogen) atoms. The molecule has 0 saturated carbocycles. The normalized spacial score (nSPS) is 11.6. The van der Waals surface area contributed by atoms with Crippen LogP contribution in [-0.4, -0.2) is 29.4 Å². The van der Waals surface area contributed by atoms with E-state index in [2.05, 4.69) is 16.9 Å². The number of hydrogen-bond donors (Lipinski definition) is 1. The van der Waals surface area contributed by atoms with Gasteiger partial charge in [0.2, 0.25) is 0 Å². The molecule has 4 nitrogen and oxygen atoms in total. The summed E-state index contributed by atoms with van der Waals surface area (Å²) < 4.78 is 0. The van der Waals surface area contributed by atoms with Gasteiger partial charge in [-0.2, -0.15) is 0 Å². The summed E-state index contributed by atoms with van der Waals surface area (Å²) in [5.74, 6) is 0.574. The van der Waals surface area contributed by atoms with Crippen LogP contribution in [0, 0.1) is 6.92 Å². The van der Waals surface area contributed by atoms with Crippen LogP contribution in [0.25, 0.3) is 0 Å². The predicted octanol–water partition coefficient (Wildman–Crippen LogP) is 1.55. The molecule has 1 heterocycles. The zero-order valence-electron chi connectivity index (χ0n) is 10.3. The first-order valence-electron chi connectivity index (χ1n) is 5.57. The highest BCUT2D eigenvalue weighted by Gasteiger charge is 2.03. The molecular formula is C12H20N4. The predicted molar refractivity (Wildman–Crippen MR) is 67.2 cm³/mol. The lowest BCUT2D eigenvalue weighted by molar-refractivity contribution is 0.483. The number of hydrogen-bond acceptors (Lipinski definition) is 2. The molecule has 0 aliphatic rings. The van der Waals surface area contributed by atoms with Gasteiger partial charge in [-0.3, -0.25) is 9.98 Å². The molecule has 0 aliphatic carbocycles. The molecule has 1 rings (SSSR count). The average Bonchev–Trinajstić information content (AvgIpc) is 2.25. The Hall–Kier alpha value is -1.58. The summed E-state index contributed by atoms with van der Waals surface area (Å²) in [6, 6.07) is 5.99. The topological polar surface area (TPSA) is 54.5 Å². The Morgan fingerprint density at radius 1 is 1.50 bits per heavy atom. The van der Waals surface area contributed by atoms with Crippen LogP contribution >= 0.6 is 0 Å². The number of pyridine rings is 1. The summed E-state index contributed by atoms with van der Waals surface area (Å²) in [5.41, 5.74) is 7.87. The van der Waals surface area contributed by atoms with Crippen molar-refractivity contribution in [2.45, 2.75) is 26.8 Å². The quantitative estimate of drug-likeness (QED) is 0.618. The van der Waals surface area contributed by atoms with E-state index in [1.54, 1.807) is 0 Å². The number of aryl methyl sites for hydroxylation is 1. The second kappa shape index (κ2) is 6.10. The highest BCUT2D eigenvalue weighted by molar-refractivity contribution is 5.77. The molecule has 0 aromatic carbocycles. The Bertz CT molecular complexity index is 360. The van der Waals surface area contributed by atoms with Gasteiger partial charge in [0, 0.05) is 19.3 Å². The monoisotopic (exact) mass is 220 g/mol. The third kappa shape index (κ3) is 3.88. The Kier molecular flexibility index (Phi) is 4.76. The van der Waals surface area contributed by atoms with E-state index in [4.69, 9.17) is 5.73 Å². The number of nitrogens with two attached hydrogens (primary N) is 1. The van der Waals surface area contributed by atoms with Crippen LogP contribution in [0.4, 0.5) is 0 Å². The smallest absolute Gasteiger partial charge is 0.191 e. The van der Waals surface area contributed by atoms with Crippen molar-refractivity contribution in [2.24, 2.45) is 10.7 Å². The Labute approximate surface area is 97.2 Å².